The Bertz CT molecular complexity index is 1860. The molecule has 0 bridgehead atoms. The highest BCUT2D eigenvalue weighted by atomic mass is 16.2. The molecule has 7 rings (SSSR count). The standard InChI is InChI=1S/C39H45N7O2/c1-41-21-23-44(24-22-41)38(47)36-28-43(27-35(36)34-14-8-12-32-11-6-7-13-33(32)34)29-37-40-17-20-46(37)26-31-15-18-45(19-16-31)39(48)42(2)25-30-9-4-3-5-10-30/h3-14,17,20,27-28,31H,15-16,18-19,21-26,29H2,1-2H3. The van der Waals surface area contributed by atoms with Crippen LogP contribution in [0.1, 0.15) is 34.6 Å². The summed E-state index contributed by atoms with van der Waals surface area (Å²) in [6, 6.07) is 24.9. The minimum absolute atomic E-state index is 0.0869. The Balaban J connectivity index is 1.06. The van der Waals surface area contributed by atoms with Crippen LogP contribution < -0.4 is 0 Å². The molecule has 9 heteroatoms. The van der Waals surface area contributed by atoms with Crippen molar-refractivity contribution in [3.63, 3.8) is 0 Å². The molecule has 0 aliphatic carbocycles. The first-order chi connectivity index (χ1) is 23.4. The van der Waals surface area contributed by atoms with Crippen LogP contribution in [-0.4, -0.2) is 99.0 Å². The number of fused-ring (bicyclic) bond motifs is 1. The maximum atomic E-state index is 14.0. The van der Waals surface area contributed by atoms with E-state index in [-0.39, 0.29) is 11.9 Å². The molecule has 9 nitrogen and oxygen atoms in total. The van der Waals surface area contributed by atoms with E-state index in [1.165, 1.54) is 0 Å². The molecule has 2 fully saturated rings. The fourth-order valence-corrected chi connectivity index (χ4v) is 7.20. The Morgan fingerprint density at radius 1 is 0.812 bits per heavy atom. The lowest BCUT2D eigenvalue weighted by Gasteiger charge is -2.35. The van der Waals surface area contributed by atoms with E-state index in [2.05, 4.69) is 88.1 Å². The lowest BCUT2D eigenvalue weighted by molar-refractivity contribution is 0.0664. The van der Waals surface area contributed by atoms with E-state index in [1.807, 2.05) is 52.3 Å². The van der Waals surface area contributed by atoms with Crippen LogP contribution in [0.15, 0.2) is 97.6 Å². The zero-order valence-corrected chi connectivity index (χ0v) is 28.0. The Kier molecular flexibility index (Phi) is 9.29. The fourth-order valence-electron chi connectivity index (χ4n) is 7.20. The van der Waals surface area contributed by atoms with Crippen LogP contribution in [0.3, 0.4) is 0 Å². The number of aromatic nitrogens is 3. The van der Waals surface area contributed by atoms with E-state index < -0.39 is 0 Å². The van der Waals surface area contributed by atoms with Crippen molar-refractivity contribution in [1.29, 1.82) is 0 Å². The van der Waals surface area contributed by atoms with Gasteiger partial charge in [0.2, 0.25) is 0 Å². The van der Waals surface area contributed by atoms with Crippen LogP contribution in [0.5, 0.6) is 0 Å². The highest BCUT2D eigenvalue weighted by Gasteiger charge is 2.27. The van der Waals surface area contributed by atoms with Gasteiger partial charge in [0.05, 0.1) is 12.1 Å². The van der Waals surface area contributed by atoms with Gasteiger partial charge in [0.15, 0.2) is 0 Å². The molecule has 2 aliphatic rings. The maximum Gasteiger partial charge on any atom is 0.320 e. The zero-order chi connectivity index (χ0) is 33.0. The van der Waals surface area contributed by atoms with E-state index in [0.29, 0.717) is 19.0 Å². The average Bonchev–Trinajstić information content (AvgIpc) is 3.75. The number of carbonyl (C=O) groups excluding carboxylic acids is 2. The Hall–Kier alpha value is -4.89. The largest absolute Gasteiger partial charge is 0.345 e. The van der Waals surface area contributed by atoms with E-state index >= 15 is 0 Å². The summed E-state index contributed by atoms with van der Waals surface area (Å²) in [5.41, 5.74) is 3.91. The number of rotatable bonds is 8. The lowest BCUT2D eigenvalue weighted by atomic mass is 9.97. The number of piperidine rings is 1. The van der Waals surface area contributed by atoms with Gasteiger partial charge in [0.25, 0.3) is 5.91 Å². The van der Waals surface area contributed by atoms with Crippen molar-refractivity contribution in [1.82, 2.24) is 33.7 Å². The molecule has 3 aromatic carbocycles. The van der Waals surface area contributed by atoms with Gasteiger partial charge in [-0.3, -0.25) is 4.79 Å². The number of nitrogens with zero attached hydrogens (tertiary/aromatic N) is 7. The molecular formula is C39H45N7O2. The summed E-state index contributed by atoms with van der Waals surface area (Å²) in [7, 11) is 3.99. The van der Waals surface area contributed by atoms with Crippen molar-refractivity contribution in [3.05, 3.63) is 115 Å². The van der Waals surface area contributed by atoms with E-state index in [4.69, 9.17) is 4.98 Å². The second-order valence-electron chi connectivity index (χ2n) is 13.4. The first-order valence-corrected chi connectivity index (χ1v) is 17.1. The van der Waals surface area contributed by atoms with Crippen molar-refractivity contribution >= 4 is 22.7 Å². The molecule has 0 N–H and O–H groups in total. The van der Waals surface area contributed by atoms with Crippen LogP contribution in [0.4, 0.5) is 4.79 Å². The van der Waals surface area contributed by atoms with Gasteiger partial charge in [-0.05, 0) is 47.7 Å². The summed E-state index contributed by atoms with van der Waals surface area (Å²) in [5.74, 6) is 1.52. The van der Waals surface area contributed by atoms with Gasteiger partial charge >= 0.3 is 6.03 Å². The van der Waals surface area contributed by atoms with Crippen LogP contribution >= 0.6 is 0 Å². The first kappa shape index (κ1) is 31.7. The summed E-state index contributed by atoms with van der Waals surface area (Å²) < 4.78 is 4.38. The van der Waals surface area contributed by atoms with Gasteiger partial charge in [-0.25, -0.2) is 9.78 Å². The number of hydrogen-bond acceptors (Lipinski definition) is 4. The number of likely N-dealkylation sites (N-methyl/N-ethyl adjacent to an activating group) is 1. The molecule has 2 aromatic heterocycles. The zero-order valence-electron chi connectivity index (χ0n) is 28.0. The van der Waals surface area contributed by atoms with E-state index in [9.17, 15) is 9.59 Å². The van der Waals surface area contributed by atoms with Gasteiger partial charge < -0.3 is 28.7 Å². The second-order valence-corrected chi connectivity index (χ2v) is 13.4. The van der Waals surface area contributed by atoms with Crippen molar-refractivity contribution in [2.75, 3.05) is 53.4 Å². The summed E-state index contributed by atoms with van der Waals surface area (Å²) in [4.78, 5) is 40.0. The number of hydrogen-bond donors (Lipinski definition) is 0. The predicted octanol–water partition coefficient (Wildman–Crippen LogP) is 5.90. The number of likely N-dealkylation sites (tertiary alicyclic amines) is 1. The molecular weight excluding hydrogens is 598 g/mol. The minimum Gasteiger partial charge on any atom is -0.345 e. The number of benzene rings is 3. The van der Waals surface area contributed by atoms with Crippen molar-refractivity contribution in [3.8, 4) is 11.1 Å². The highest BCUT2D eigenvalue weighted by molar-refractivity contribution is 6.06. The number of imidazole rings is 1. The quantitative estimate of drug-likeness (QED) is 0.211. The number of carbonyl (C=O) groups is 2. The van der Waals surface area contributed by atoms with Crippen molar-refractivity contribution in [2.45, 2.75) is 32.5 Å². The second kappa shape index (κ2) is 14.1. The van der Waals surface area contributed by atoms with Crippen molar-refractivity contribution in [2.24, 2.45) is 5.92 Å². The van der Waals surface area contributed by atoms with Gasteiger partial charge in [-0.15, -0.1) is 0 Å². The lowest BCUT2D eigenvalue weighted by Crippen LogP contribution is -2.47. The van der Waals surface area contributed by atoms with Crippen LogP contribution in [0.2, 0.25) is 0 Å². The number of amides is 3. The molecule has 2 aliphatic heterocycles. The Morgan fingerprint density at radius 2 is 1.54 bits per heavy atom. The molecule has 2 saturated heterocycles. The molecule has 0 saturated carbocycles. The SMILES string of the molecule is CN1CCN(C(=O)c2cn(Cc3nccn3CC3CCN(C(=O)N(C)Cc4ccccc4)CC3)cc2-c2cccc3ccccc23)CC1. The van der Waals surface area contributed by atoms with Gasteiger partial charge in [0, 0.05) is 89.8 Å². The van der Waals surface area contributed by atoms with Crippen molar-refractivity contribution < 1.29 is 9.59 Å². The van der Waals surface area contributed by atoms with Crippen LogP contribution in [0, 0.1) is 5.92 Å². The normalized spacial score (nSPS) is 16.0. The third-order valence-electron chi connectivity index (χ3n) is 10.0. The Labute approximate surface area is 283 Å². The monoisotopic (exact) mass is 643 g/mol. The summed E-state index contributed by atoms with van der Waals surface area (Å²) in [5, 5.41) is 2.30. The summed E-state index contributed by atoms with van der Waals surface area (Å²) in [6.45, 7) is 6.79. The fraction of sp³-hybridized carbons (Fsp3) is 0.359. The summed E-state index contributed by atoms with van der Waals surface area (Å²) >= 11 is 0. The molecule has 0 atom stereocenters. The van der Waals surface area contributed by atoms with E-state index in [1.54, 1.807) is 0 Å². The van der Waals surface area contributed by atoms with E-state index in [0.717, 1.165) is 97.5 Å². The Morgan fingerprint density at radius 3 is 2.33 bits per heavy atom. The summed E-state index contributed by atoms with van der Waals surface area (Å²) in [6.07, 6.45) is 10.00. The third-order valence-corrected chi connectivity index (χ3v) is 10.0. The van der Waals surface area contributed by atoms with Gasteiger partial charge in [-0.1, -0.05) is 72.8 Å². The smallest absolute Gasteiger partial charge is 0.320 e. The molecule has 4 heterocycles. The molecule has 5 aromatic rings. The average molecular weight is 644 g/mol. The molecule has 0 spiro atoms. The van der Waals surface area contributed by atoms with Gasteiger partial charge in [0.1, 0.15) is 5.82 Å². The molecule has 3 amide bonds. The molecule has 248 valence electrons. The molecule has 0 radical (unpaired) electrons. The highest BCUT2D eigenvalue weighted by Crippen LogP contribution is 2.33. The molecule has 48 heavy (non-hydrogen) atoms. The predicted molar refractivity (Wildman–Crippen MR) is 190 cm³/mol. The van der Waals surface area contributed by atoms with Crippen LogP contribution in [0.25, 0.3) is 21.9 Å². The first-order valence-electron chi connectivity index (χ1n) is 17.1. The number of piperazine rings is 1. The molecule has 0 unspecified atom stereocenters. The van der Waals surface area contributed by atoms with Gasteiger partial charge in [-0.2, -0.15) is 0 Å². The third kappa shape index (κ3) is 6.87. The van der Waals surface area contributed by atoms with Crippen LogP contribution in [-0.2, 0) is 19.6 Å². The topological polar surface area (TPSA) is 69.9 Å². The maximum absolute atomic E-state index is 14.0. The minimum atomic E-state index is 0.0869. The number of urea groups is 1.